The normalized spacial score (nSPS) is 9.29. The molecular formula is C9H13BrClN3O2S. The molecule has 0 saturated carbocycles. The largest absolute Gasteiger partial charge is 0.350 e. The number of rotatable bonds is 5. The Morgan fingerprint density at radius 2 is 2.06 bits per heavy atom. The number of halogens is 2. The van der Waals surface area contributed by atoms with Crippen molar-refractivity contribution in [3.05, 3.63) is 20.8 Å². The Hall–Kier alpha value is -0.630. The molecule has 0 bridgehead atoms. The van der Waals surface area contributed by atoms with Crippen molar-refractivity contribution in [3.63, 3.8) is 0 Å². The van der Waals surface area contributed by atoms with Crippen molar-refractivity contribution in [1.82, 2.24) is 10.6 Å². The van der Waals surface area contributed by atoms with Crippen molar-refractivity contribution in [2.75, 3.05) is 13.1 Å². The summed E-state index contributed by atoms with van der Waals surface area (Å²) in [6.45, 7) is 0.321. The van der Waals surface area contributed by atoms with Gasteiger partial charge in [-0.2, -0.15) is 0 Å². The van der Waals surface area contributed by atoms with E-state index in [0.29, 0.717) is 6.54 Å². The molecular weight excluding hydrogens is 330 g/mol. The molecule has 0 saturated heterocycles. The zero-order valence-electron chi connectivity index (χ0n) is 8.86. The first-order chi connectivity index (χ1) is 7.61. The lowest BCUT2D eigenvalue weighted by Crippen LogP contribution is -2.39. The lowest BCUT2D eigenvalue weighted by Gasteiger charge is -2.04. The van der Waals surface area contributed by atoms with Gasteiger partial charge in [0.05, 0.1) is 19.6 Å². The lowest BCUT2D eigenvalue weighted by atomic mass is 10.4. The van der Waals surface area contributed by atoms with E-state index in [0.717, 1.165) is 9.35 Å². The Labute approximate surface area is 118 Å². The predicted molar refractivity (Wildman–Crippen MR) is 73.2 cm³/mol. The number of carbonyl (C=O) groups excluding carboxylic acids is 2. The van der Waals surface area contributed by atoms with Gasteiger partial charge in [0.1, 0.15) is 0 Å². The van der Waals surface area contributed by atoms with Crippen LogP contribution < -0.4 is 16.4 Å². The SMILES string of the molecule is Cl.NCC(=O)NCC(=O)NCc1cc(Br)cs1. The number of hydrogen-bond acceptors (Lipinski definition) is 4. The van der Waals surface area contributed by atoms with Crippen molar-refractivity contribution in [2.24, 2.45) is 5.73 Å². The van der Waals surface area contributed by atoms with Gasteiger partial charge in [0.25, 0.3) is 0 Å². The van der Waals surface area contributed by atoms with E-state index in [4.69, 9.17) is 5.73 Å². The highest BCUT2D eigenvalue weighted by atomic mass is 79.9. The minimum atomic E-state index is -0.339. The zero-order valence-corrected chi connectivity index (χ0v) is 12.1. The maximum Gasteiger partial charge on any atom is 0.239 e. The van der Waals surface area contributed by atoms with Gasteiger partial charge in [0, 0.05) is 14.7 Å². The molecule has 0 fully saturated rings. The van der Waals surface area contributed by atoms with Crippen LogP contribution in [0.5, 0.6) is 0 Å². The summed E-state index contributed by atoms with van der Waals surface area (Å²) >= 11 is 4.88. The average molecular weight is 343 g/mol. The zero-order chi connectivity index (χ0) is 12.0. The number of thiophene rings is 1. The van der Waals surface area contributed by atoms with Crippen molar-refractivity contribution in [1.29, 1.82) is 0 Å². The summed E-state index contributed by atoms with van der Waals surface area (Å²) < 4.78 is 0.998. The molecule has 17 heavy (non-hydrogen) atoms. The molecule has 0 aliphatic carbocycles. The van der Waals surface area contributed by atoms with Gasteiger partial charge in [-0.3, -0.25) is 9.59 Å². The molecule has 2 amide bonds. The smallest absolute Gasteiger partial charge is 0.239 e. The van der Waals surface area contributed by atoms with E-state index >= 15 is 0 Å². The molecule has 0 aromatic carbocycles. The number of hydrogen-bond donors (Lipinski definition) is 3. The molecule has 1 rings (SSSR count). The molecule has 1 aromatic heterocycles. The first kappa shape index (κ1) is 16.4. The van der Waals surface area contributed by atoms with E-state index in [1.807, 2.05) is 11.4 Å². The van der Waals surface area contributed by atoms with Crippen molar-refractivity contribution < 1.29 is 9.59 Å². The second-order valence-electron chi connectivity index (χ2n) is 2.99. The molecule has 4 N–H and O–H groups in total. The van der Waals surface area contributed by atoms with Crippen LogP contribution >= 0.6 is 39.7 Å². The second kappa shape index (κ2) is 8.46. The van der Waals surface area contributed by atoms with Crippen LogP contribution in [-0.2, 0) is 16.1 Å². The molecule has 1 aromatic rings. The minimum Gasteiger partial charge on any atom is -0.350 e. The van der Waals surface area contributed by atoms with Crippen LogP contribution in [0.1, 0.15) is 4.88 Å². The molecule has 0 aliphatic rings. The van der Waals surface area contributed by atoms with E-state index in [1.54, 1.807) is 11.3 Å². The summed E-state index contributed by atoms with van der Waals surface area (Å²) in [4.78, 5) is 23.1. The highest BCUT2D eigenvalue weighted by Gasteiger charge is 2.04. The van der Waals surface area contributed by atoms with Crippen LogP contribution in [0.4, 0.5) is 0 Å². The Morgan fingerprint density at radius 3 is 2.59 bits per heavy atom. The Kier molecular flexibility index (Phi) is 8.15. The molecule has 8 heteroatoms. The van der Waals surface area contributed by atoms with Gasteiger partial charge in [0.2, 0.25) is 11.8 Å². The molecule has 0 aliphatic heterocycles. The van der Waals surface area contributed by atoms with Gasteiger partial charge in [-0.05, 0) is 22.0 Å². The van der Waals surface area contributed by atoms with E-state index in [1.165, 1.54) is 0 Å². The third kappa shape index (κ3) is 6.62. The van der Waals surface area contributed by atoms with Crippen LogP contribution in [0.3, 0.4) is 0 Å². The van der Waals surface area contributed by atoms with Gasteiger partial charge in [-0.15, -0.1) is 23.7 Å². The van der Waals surface area contributed by atoms with E-state index in [2.05, 4.69) is 26.6 Å². The summed E-state index contributed by atoms with van der Waals surface area (Å²) in [5.41, 5.74) is 5.08. The Bertz CT molecular complexity index is 386. The molecule has 0 radical (unpaired) electrons. The lowest BCUT2D eigenvalue weighted by molar-refractivity contribution is -0.125. The molecule has 5 nitrogen and oxygen atoms in total. The topological polar surface area (TPSA) is 84.2 Å². The predicted octanol–water partition coefficient (Wildman–Crippen LogP) is 0.624. The van der Waals surface area contributed by atoms with Crippen LogP contribution in [0, 0.1) is 0 Å². The van der Waals surface area contributed by atoms with Crippen molar-refractivity contribution in [2.45, 2.75) is 6.54 Å². The fraction of sp³-hybridized carbons (Fsp3) is 0.333. The summed E-state index contributed by atoms with van der Waals surface area (Å²) in [5.74, 6) is -0.569. The van der Waals surface area contributed by atoms with Gasteiger partial charge in [-0.1, -0.05) is 0 Å². The molecule has 0 spiro atoms. The van der Waals surface area contributed by atoms with Gasteiger partial charge in [0.15, 0.2) is 0 Å². The minimum absolute atomic E-state index is 0. The molecule has 0 atom stereocenters. The first-order valence-electron chi connectivity index (χ1n) is 4.58. The Balaban J connectivity index is 0.00000256. The third-order valence-corrected chi connectivity index (χ3v) is 3.41. The third-order valence-electron chi connectivity index (χ3n) is 1.71. The monoisotopic (exact) mass is 341 g/mol. The van der Waals surface area contributed by atoms with Crippen LogP contribution in [0.2, 0.25) is 0 Å². The molecule has 0 unspecified atom stereocenters. The highest BCUT2D eigenvalue weighted by Crippen LogP contribution is 2.19. The van der Waals surface area contributed by atoms with Crippen LogP contribution in [-0.4, -0.2) is 24.9 Å². The summed E-state index contributed by atoms with van der Waals surface area (Å²) in [5, 5.41) is 7.02. The fourth-order valence-corrected chi connectivity index (χ4v) is 2.34. The van der Waals surface area contributed by atoms with E-state index in [-0.39, 0.29) is 37.3 Å². The van der Waals surface area contributed by atoms with Gasteiger partial charge < -0.3 is 16.4 Å². The number of carbonyl (C=O) groups is 2. The summed E-state index contributed by atoms with van der Waals surface area (Å²) in [7, 11) is 0. The van der Waals surface area contributed by atoms with Crippen molar-refractivity contribution >= 4 is 51.5 Å². The fourth-order valence-electron chi connectivity index (χ4n) is 0.946. The maximum atomic E-state index is 11.3. The first-order valence-corrected chi connectivity index (χ1v) is 6.25. The maximum absolute atomic E-state index is 11.3. The quantitative estimate of drug-likeness (QED) is 0.733. The standard InChI is InChI=1S/C9H12BrN3O2S.ClH/c10-6-1-7(16-5-6)3-12-9(15)4-13-8(14)2-11;/h1,5H,2-4,11H2,(H,12,15)(H,13,14);1H. The summed E-state index contributed by atoms with van der Waals surface area (Å²) in [6, 6.07) is 1.93. The van der Waals surface area contributed by atoms with Crippen LogP contribution in [0.25, 0.3) is 0 Å². The van der Waals surface area contributed by atoms with Gasteiger partial charge in [-0.25, -0.2) is 0 Å². The van der Waals surface area contributed by atoms with Gasteiger partial charge >= 0.3 is 0 Å². The number of amides is 2. The van der Waals surface area contributed by atoms with Crippen molar-refractivity contribution in [3.8, 4) is 0 Å². The van der Waals surface area contributed by atoms with E-state index in [9.17, 15) is 9.59 Å². The summed E-state index contributed by atoms with van der Waals surface area (Å²) in [6.07, 6.45) is 0. The number of nitrogens with one attached hydrogen (secondary N) is 2. The molecule has 96 valence electrons. The highest BCUT2D eigenvalue weighted by molar-refractivity contribution is 9.10. The molecule has 1 heterocycles. The second-order valence-corrected chi connectivity index (χ2v) is 4.90. The Morgan fingerprint density at radius 1 is 1.35 bits per heavy atom. The average Bonchev–Trinajstić information content (AvgIpc) is 2.69. The van der Waals surface area contributed by atoms with Crippen LogP contribution in [0.15, 0.2) is 15.9 Å². The van der Waals surface area contributed by atoms with E-state index < -0.39 is 0 Å². The number of nitrogens with two attached hydrogens (primary N) is 1.